The molecular weight excluding hydrogens is 260 g/mol. The molecule has 2 N–H and O–H groups in total. The zero-order chi connectivity index (χ0) is 14.3. The molecule has 0 amide bonds. The molecule has 4 heteroatoms. The molecule has 1 aromatic heterocycles. The predicted octanol–water partition coefficient (Wildman–Crippen LogP) is 2.93. The summed E-state index contributed by atoms with van der Waals surface area (Å²) in [7, 11) is 0. The second kappa shape index (κ2) is 5.38. The van der Waals surface area contributed by atoms with Gasteiger partial charge in [0, 0.05) is 12.5 Å². The van der Waals surface area contributed by atoms with Crippen molar-refractivity contribution in [2.75, 3.05) is 6.54 Å². The summed E-state index contributed by atoms with van der Waals surface area (Å²) in [6.45, 7) is 3.55. The molecule has 116 valence electrons. The summed E-state index contributed by atoms with van der Waals surface area (Å²) < 4.78 is 0. The molecule has 1 atom stereocenters. The number of nitrogens with one attached hydrogen (secondary N) is 2. The van der Waals surface area contributed by atoms with Crippen LogP contribution in [0.2, 0.25) is 0 Å². The van der Waals surface area contributed by atoms with Crippen LogP contribution in [0, 0.1) is 23.2 Å². The van der Waals surface area contributed by atoms with E-state index in [0.29, 0.717) is 11.5 Å². The van der Waals surface area contributed by atoms with Crippen LogP contribution >= 0.6 is 0 Å². The van der Waals surface area contributed by atoms with Gasteiger partial charge in [0.05, 0.1) is 0 Å². The predicted molar refractivity (Wildman–Crippen MR) is 82.8 cm³/mol. The van der Waals surface area contributed by atoms with Gasteiger partial charge in [-0.25, -0.2) is 4.98 Å². The molecule has 4 bridgehead atoms. The molecule has 1 heterocycles. The van der Waals surface area contributed by atoms with Crippen LogP contribution in [0.1, 0.15) is 57.7 Å². The minimum atomic E-state index is 0.626. The van der Waals surface area contributed by atoms with Crippen molar-refractivity contribution >= 4 is 0 Å². The lowest BCUT2D eigenvalue weighted by Gasteiger charge is -2.59. The standard InChI is InChI=1S/C17H28N4/c1-12(18-4-2-3-16-19-11-20-21-16)17-8-13-5-14(9-17)7-15(6-13)10-17/h11-15,18H,2-10H2,1H3,(H,19,20,21). The van der Waals surface area contributed by atoms with Crippen LogP contribution in [0.5, 0.6) is 0 Å². The lowest BCUT2D eigenvalue weighted by atomic mass is 9.48. The van der Waals surface area contributed by atoms with E-state index in [1.807, 2.05) is 0 Å². The Morgan fingerprint density at radius 1 is 1.24 bits per heavy atom. The van der Waals surface area contributed by atoms with Gasteiger partial charge >= 0.3 is 0 Å². The molecule has 4 aliphatic rings. The van der Waals surface area contributed by atoms with E-state index in [2.05, 4.69) is 27.4 Å². The van der Waals surface area contributed by atoms with Gasteiger partial charge in [0.15, 0.2) is 0 Å². The van der Waals surface area contributed by atoms with Crippen molar-refractivity contribution in [1.82, 2.24) is 20.5 Å². The van der Waals surface area contributed by atoms with E-state index in [9.17, 15) is 0 Å². The van der Waals surface area contributed by atoms with Crippen molar-refractivity contribution in [3.8, 4) is 0 Å². The van der Waals surface area contributed by atoms with Gasteiger partial charge in [-0.15, -0.1) is 0 Å². The van der Waals surface area contributed by atoms with E-state index >= 15 is 0 Å². The van der Waals surface area contributed by atoms with Gasteiger partial charge in [0.1, 0.15) is 12.2 Å². The maximum atomic E-state index is 4.19. The molecule has 5 rings (SSSR count). The summed E-state index contributed by atoms with van der Waals surface area (Å²) >= 11 is 0. The van der Waals surface area contributed by atoms with E-state index in [-0.39, 0.29) is 0 Å². The van der Waals surface area contributed by atoms with Gasteiger partial charge in [-0.2, -0.15) is 5.10 Å². The van der Waals surface area contributed by atoms with E-state index in [0.717, 1.165) is 43.0 Å². The molecule has 1 unspecified atom stereocenters. The van der Waals surface area contributed by atoms with E-state index in [4.69, 9.17) is 0 Å². The van der Waals surface area contributed by atoms with Crippen molar-refractivity contribution in [1.29, 1.82) is 0 Å². The first kappa shape index (κ1) is 13.7. The Balaban J connectivity index is 1.29. The van der Waals surface area contributed by atoms with Crippen LogP contribution in [-0.2, 0) is 6.42 Å². The zero-order valence-electron chi connectivity index (χ0n) is 13.1. The maximum Gasteiger partial charge on any atom is 0.137 e. The molecule has 4 saturated carbocycles. The third-order valence-electron chi connectivity index (χ3n) is 6.51. The van der Waals surface area contributed by atoms with Crippen LogP contribution in [0.15, 0.2) is 6.33 Å². The van der Waals surface area contributed by atoms with Crippen molar-refractivity contribution < 1.29 is 0 Å². The Bertz CT molecular complexity index is 432. The normalized spacial score (nSPS) is 38.8. The van der Waals surface area contributed by atoms with Crippen LogP contribution in [0.25, 0.3) is 0 Å². The van der Waals surface area contributed by atoms with Crippen LogP contribution in [0.3, 0.4) is 0 Å². The number of aryl methyl sites for hydroxylation is 1. The monoisotopic (exact) mass is 288 g/mol. The first-order valence-corrected chi connectivity index (χ1v) is 8.81. The summed E-state index contributed by atoms with van der Waals surface area (Å²) in [5, 5.41) is 10.7. The highest BCUT2D eigenvalue weighted by molar-refractivity contribution is 5.05. The summed E-state index contributed by atoms with van der Waals surface area (Å²) in [6.07, 6.45) is 12.8. The highest BCUT2D eigenvalue weighted by Gasteiger charge is 2.52. The first-order valence-electron chi connectivity index (χ1n) is 8.81. The van der Waals surface area contributed by atoms with Crippen molar-refractivity contribution in [3.63, 3.8) is 0 Å². The number of H-pyrrole nitrogens is 1. The number of hydrogen-bond donors (Lipinski definition) is 2. The molecule has 0 spiro atoms. The number of aromatic amines is 1. The van der Waals surface area contributed by atoms with Gasteiger partial charge in [0.25, 0.3) is 0 Å². The molecule has 0 aliphatic heterocycles. The Labute approximate surface area is 127 Å². The summed E-state index contributed by atoms with van der Waals surface area (Å²) in [4.78, 5) is 4.19. The van der Waals surface area contributed by atoms with Crippen LogP contribution in [0.4, 0.5) is 0 Å². The van der Waals surface area contributed by atoms with Crippen molar-refractivity contribution in [2.45, 2.75) is 64.3 Å². The van der Waals surface area contributed by atoms with Gasteiger partial charge < -0.3 is 5.32 Å². The molecule has 0 aromatic carbocycles. The Morgan fingerprint density at radius 2 is 1.90 bits per heavy atom. The topological polar surface area (TPSA) is 53.6 Å². The first-order chi connectivity index (χ1) is 10.2. The largest absolute Gasteiger partial charge is 0.314 e. The number of hydrogen-bond acceptors (Lipinski definition) is 3. The average molecular weight is 288 g/mol. The SMILES string of the molecule is CC(NCCCc1ncn[nH]1)C12CC3CC(CC(C3)C1)C2. The highest BCUT2D eigenvalue weighted by Crippen LogP contribution is 2.61. The second-order valence-corrected chi connectivity index (χ2v) is 7.99. The maximum absolute atomic E-state index is 4.19. The van der Waals surface area contributed by atoms with Gasteiger partial charge in [-0.05, 0) is 81.6 Å². The molecule has 0 saturated heterocycles. The third kappa shape index (κ3) is 2.63. The Morgan fingerprint density at radius 3 is 2.48 bits per heavy atom. The second-order valence-electron chi connectivity index (χ2n) is 7.99. The van der Waals surface area contributed by atoms with Gasteiger partial charge in [0.2, 0.25) is 0 Å². The number of rotatable bonds is 6. The fourth-order valence-corrected chi connectivity index (χ4v) is 5.85. The average Bonchev–Trinajstić information content (AvgIpc) is 2.95. The minimum Gasteiger partial charge on any atom is -0.314 e. The quantitative estimate of drug-likeness (QED) is 0.791. The summed E-state index contributed by atoms with van der Waals surface area (Å²) in [6, 6.07) is 0.681. The van der Waals surface area contributed by atoms with Crippen LogP contribution < -0.4 is 5.32 Å². The minimum absolute atomic E-state index is 0.626. The lowest BCUT2D eigenvalue weighted by molar-refractivity contribution is -0.0703. The van der Waals surface area contributed by atoms with E-state index < -0.39 is 0 Å². The van der Waals surface area contributed by atoms with E-state index in [1.54, 1.807) is 6.33 Å². The number of aromatic nitrogens is 3. The Kier molecular flexibility index (Phi) is 3.52. The molecule has 4 aliphatic carbocycles. The molecule has 4 fully saturated rings. The van der Waals surface area contributed by atoms with Gasteiger partial charge in [-0.1, -0.05) is 0 Å². The Hall–Kier alpha value is -0.900. The van der Waals surface area contributed by atoms with E-state index in [1.165, 1.54) is 38.5 Å². The molecular formula is C17H28N4. The molecule has 1 aromatic rings. The van der Waals surface area contributed by atoms with Crippen molar-refractivity contribution in [2.24, 2.45) is 23.2 Å². The van der Waals surface area contributed by atoms with Crippen LogP contribution in [-0.4, -0.2) is 27.8 Å². The lowest BCUT2D eigenvalue weighted by Crippen LogP contribution is -2.55. The molecule has 21 heavy (non-hydrogen) atoms. The fourth-order valence-electron chi connectivity index (χ4n) is 5.85. The van der Waals surface area contributed by atoms with Gasteiger partial charge in [-0.3, -0.25) is 5.10 Å². The van der Waals surface area contributed by atoms with Crippen molar-refractivity contribution in [3.05, 3.63) is 12.2 Å². The smallest absolute Gasteiger partial charge is 0.137 e. The zero-order valence-corrected chi connectivity index (χ0v) is 13.1. The fraction of sp³-hybridized carbons (Fsp3) is 0.882. The third-order valence-corrected chi connectivity index (χ3v) is 6.51. The molecule has 0 radical (unpaired) electrons. The summed E-state index contributed by atoms with van der Waals surface area (Å²) in [5.74, 6) is 4.17. The summed E-state index contributed by atoms with van der Waals surface area (Å²) in [5.41, 5.74) is 0.626. The number of nitrogens with zero attached hydrogens (tertiary/aromatic N) is 2. The molecule has 4 nitrogen and oxygen atoms in total. The highest BCUT2D eigenvalue weighted by atomic mass is 15.2.